The molecule has 1 fully saturated rings. The molecular formula is C20H26N2O4. The van der Waals surface area contributed by atoms with Crippen molar-refractivity contribution in [2.45, 2.75) is 39.8 Å². The van der Waals surface area contributed by atoms with Gasteiger partial charge in [0.15, 0.2) is 0 Å². The minimum Gasteiger partial charge on any atom is -0.466 e. The molecule has 0 bridgehead atoms. The summed E-state index contributed by atoms with van der Waals surface area (Å²) in [4.78, 5) is 18.8. The Bertz CT molecular complexity index is 756. The molecule has 1 unspecified atom stereocenters. The van der Waals surface area contributed by atoms with Crippen molar-refractivity contribution in [2.75, 3.05) is 26.4 Å². The standard InChI is InChI=1S/C20H26N2O4/c1-4-25-19(23)11-17-13-24-9-8-22(17)12-18-15(3)26-20(21-18)16-7-5-6-14(2)10-16/h5-7,10,17H,4,8-9,11-13H2,1-3H3. The number of morpholine rings is 1. The summed E-state index contributed by atoms with van der Waals surface area (Å²) in [6.07, 6.45) is 0.329. The lowest BCUT2D eigenvalue weighted by molar-refractivity contribution is -0.146. The Balaban J connectivity index is 1.73. The van der Waals surface area contributed by atoms with Gasteiger partial charge in [0.2, 0.25) is 5.89 Å². The average Bonchev–Trinajstić information content (AvgIpc) is 2.98. The van der Waals surface area contributed by atoms with Crippen molar-refractivity contribution < 1.29 is 18.7 Å². The maximum atomic E-state index is 11.9. The normalized spacial score (nSPS) is 18.0. The number of rotatable bonds is 6. The van der Waals surface area contributed by atoms with Gasteiger partial charge in [-0.25, -0.2) is 4.98 Å². The topological polar surface area (TPSA) is 64.8 Å². The molecule has 140 valence electrons. The molecule has 1 atom stereocenters. The predicted molar refractivity (Wildman–Crippen MR) is 97.7 cm³/mol. The largest absolute Gasteiger partial charge is 0.466 e. The van der Waals surface area contributed by atoms with Crippen LogP contribution in [0, 0.1) is 13.8 Å². The third-order valence-electron chi connectivity index (χ3n) is 4.57. The van der Waals surface area contributed by atoms with Crippen molar-refractivity contribution in [1.82, 2.24) is 9.88 Å². The molecule has 0 saturated carbocycles. The Hall–Kier alpha value is -2.18. The number of oxazole rings is 1. The van der Waals surface area contributed by atoms with Gasteiger partial charge in [-0.05, 0) is 32.9 Å². The molecule has 1 aromatic heterocycles. The third kappa shape index (κ3) is 4.51. The minimum atomic E-state index is -0.190. The number of aromatic nitrogens is 1. The monoisotopic (exact) mass is 358 g/mol. The molecule has 0 amide bonds. The van der Waals surface area contributed by atoms with E-state index in [0.717, 1.165) is 23.6 Å². The fourth-order valence-corrected chi connectivity index (χ4v) is 3.17. The molecule has 1 saturated heterocycles. The summed E-state index contributed by atoms with van der Waals surface area (Å²) < 4.78 is 16.5. The molecule has 26 heavy (non-hydrogen) atoms. The van der Waals surface area contributed by atoms with Gasteiger partial charge in [-0.15, -0.1) is 0 Å². The van der Waals surface area contributed by atoms with Crippen LogP contribution in [-0.4, -0.2) is 48.3 Å². The van der Waals surface area contributed by atoms with Gasteiger partial charge in [-0.2, -0.15) is 0 Å². The van der Waals surface area contributed by atoms with Crippen LogP contribution in [0.4, 0.5) is 0 Å². The number of esters is 1. The highest BCUT2D eigenvalue weighted by Gasteiger charge is 2.27. The smallest absolute Gasteiger partial charge is 0.307 e. The zero-order valence-electron chi connectivity index (χ0n) is 15.7. The summed E-state index contributed by atoms with van der Waals surface area (Å²) in [6, 6.07) is 8.12. The lowest BCUT2D eigenvalue weighted by Gasteiger charge is -2.34. The van der Waals surface area contributed by atoms with E-state index in [1.54, 1.807) is 0 Å². The molecule has 2 aromatic rings. The molecule has 0 N–H and O–H groups in total. The van der Waals surface area contributed by atoms with Gasteiger partial charge in [0.25, 0.3) is 0 Å². The van der Waals surface area contributed by atoms with Crippen LogP contribution in [0.15, 0.2) is 28.7 Å². The summed E-state index contributed by atoms with van der Waals surface area (Å²) in [5.41, 5.74) is 3.05. The minimum absolute atomic E-state index is 0.00122. The van der Waals surface area contributed by atoms with Crippen LogP contribution in [0.25, 0.3) is 11.5 Å². The van der Waals surface area contributed by atoms with E-state index in [-0.39, 0.29) is 12.0 Å². The summed E-state index contributed by atoms with van der Waals surface area (Å²) in [7, 11) is 0. The van der Waals surface area contributed by atoms with E-state index in [1.165, 1.54) is 5.56 Å². The van der Waals surface area contributed by atoms with Crippen LogP contribution in [0.2, 0.25) is 0 Å². The Morgan fingerprint density at radius 3 is 3.00 bits per heavy atom. The summed E-state index contributed by atoms with van der Waals surface area (Å²) in [5.74, 6) is 1.25. The summed E-state index contributed by atoms with van der Waals surface area (Å²) in [5, 5.41) is 0. The Labute approximate surface area is 154 Å². The van der Waals surface area contributed by atoms with Crippen LogP contribution in [-0.2, 0) is 20.8 Å². The Kier molecular flexibility index (Phi) is 6.06. The summed E-state index contributed by atoms with van der Waals surface area (Å²) in [6.45, 7) is 8.77. The van der Waals surface area contributed by atoms with Gasteiger partial charge >= 0.3 is 5.97 Å². The van der Waals surface area contributed by atoms with Gasteiger partial charge in [0.1, 0.15) is 5.76 Å². The van der Waals surface area contributed by atoms with E-state index in [0.29, 0.717) is 38.7 Å². The van der Waals surface area contributed by atoms with Crippen molar-refractivity contribution in [3.05, 3.63) is 41.3 Å². The van der Waals surface area contributed by atoms with E-state index >= 15 is 0 Å². The molecule has 2 heterocycles. The molecule has 0 spiro atoms. The van der Waals surface area contributed by atoms with Gasteiger partial charge in [0.05, 0.1) is 31.9 Å². The fraction of sp³-hybridized carbons (Fsp3) is 0.500. The van der Waals surface area contributed by atoms with E-state index < -0.39 is 0 Å². The quantitative estimate of drug-likeness (QED) is 0.739. The Morgan fingerprint density at radius 1 is 1.38 bits per heavy atom. The maximum absolute atomic E-state index is 11.9. The number of benzene rings is 1. The van der Waals surface area contributed by atoms with Crippen LogP contribution in [0.5, 0.6) is 0 Å². The highest BCUT2D eigenvalue weighted by molar-refractivity contribution is 5.70. The fourth-order valence-electron chi connectivity index (χ4n) is 3.17. The first-order valence-corrected chi connectivity index (χ1v) is 9.07. The van der Waals surface area contributed by atoms with Gasteiger partial charge < -0.3 is 13.9 Å². The molecule has 1 aliphatic heterocycles. The van der Waals surface area contributed by atoms with Crippen molar-refractivity contribution in [2.24, 2.45) is 0 Å². The van der Waals surface area contributed by atoms with Gasteiger partial charge in [-0.1, -0.05) is 17.7 Å². The van der Waals surface area contributed by atoms with Crippen LogP contribution >= 0.6 is 0 Å². The lowest BCUT2D eigenvalue weighted by Crippen LogP contribution is -2.46. The molecule has 1 aliphatic rings. The van der Waals surface area contributed by atoms with Crippen molar-refractivity contribution in [3.63, 3.8) is 0 Å². The van der Waals surface area contributed by atoms with E-state index in [2.05, 4.69) is 11.0 Å². The Morgan fingerprint density at radius 2 is 2.23 bits per heavy atom. The average molecular weight is 358 g/mol. The van der Waals surface area contributed by atoms with E-state index in [1.807, 2.05) is 39.0 Å². The summed E-state index contributed by atoms with van der Waals surface area (Å²) >= 11 is 0. The first-order chi connectivity index (χ1) is 12.6. The number of hydrogen-bond donors (Lipinski definition) is 0. The number of hydrogen-bond acceptors (Lipinski definition) is 6. The molecule has 6 nitrogen and oxygen atoms in total. The lowest BCUT2D eigenvalue weighted by atomic mass is 10.1. The number of ether oxygens (including phenoxy) is 2. The number of nitrogens with zero attached hydrogens (tertiary/aromatic N) is 2. The highest BCUT2D eigenvalue weighted by atomic mass is 16.5. The zero-order chi connectivity index (χ0) is 18.5. The van der Waals surface area contributed by atoms with Crippen LogP contribution < -0.4 is 0 Å². The third-order valence-corrected chi connectivity index (χ3v) is 4.57. The number of carbonyl (C=O) groups excluding carboxylic acids is 1. The molecule has 0 aliphatic carbocycles. The van der Waals surface area contributed by atoms with E-state index in [9.17, 15) is 4.79 Å². The zero-order valence-corrected chi connectivity index (χ0v) is 15.7. The number of aryl methyl sites for hydroxylation is 2. The second-order valence-corrected chi connectivity index (χ2v) is 6.60. The first kappa shape index (κ1) is 18.6. The molecular weight excluding hydrogens is 332 g/mol. The number of carbonyl (C=O) groups is 1. The van der Waals surface area contributed by atoms with Crippen molar-refractivity contribution in [3.8, 4) is 11.5 Å². The molecule has 0 radical (unpaired) electrons. The van der Waals surface area contributed by atoms with E-state index in [4.69, 9.17) is 18.9 Å². The van der Waals surface area contributed by atoms with Gasteiger partial charge in [0, 0.05) is 24.7 Å². The predicted octanol–water partition coefficient (Wildman–Crippen LogP) is 3.11. The second-order valence-electron chi connectivity index (χ2n) is 6.60. The van der Waals surface area contributed by atoms with Gasteiger partial charge in [-0.3, -0.25) is 9.69 Å². The SMILES string of the molecule is CCOC(=O)CC1COCCN1Cc1nc(-c2cccc(C)c2)oc1C. The van der Waals surface area contributed by atoms with Crippen LogP contribution in [0.1, 0.15) is 30.4 Å². The molecule has 6 heteroatoms. The second kappa shape index (κ2) is 8.47. The van der Waals surface area contributed by atoms with Crippen LogP contribution in [0.3, 0.4) is 0 Å². The molecule has 3 rings (SSSR count). The maximum Gasteiger partial charge on any atom is 0.307 e. The highest BCUT2D eigenvalue weighted by Crippen LogP contribution is 2.24. The van der Waals surface area contributed by atoms with Crippen molar-refractivity contribution in [1.29, 1.82) is 0 Å². The first-order valence-electron chi connectivity index (χ1n) is 9.07. The van der Waals surface area contributed by atoms with Crippen molar-refractivity contribution >= 4 is 5.97 Å². The molecule has 1 aromatic carbocycles.